The Labute approximate surface area is 116 Å². The average molecular weight is 279 g/mol. The van der Waals surface area contributed by atoms with Crippen molar-refractivity contribution >= 4 is 29.3 Å². The van der Waals surface area contributed by atoms with E-state index in [-0.39, 0.29) is 5.91 Å². The Balaban J connectivity index is 2.32. The van der Waals surface area contributed by atoms with Gasteiger partial charge in [-0.2, -0.15) is 11.8 Å². The molecule has 4 nitrogen and oxygen atoms in total. The molecule has 2 rings (SSSR count). The first-order valence-electron chi connectivity index (χ1n) is 6.29. The third-order valence-corrected chi connectivity index (χ3v) is 3.91. The van der Waals surface area contributed by atoms with E-state index >= 15 is 0 Å². The van der Waals surface area contributed by atoms with Crippen LogP contribution in [0.5, 0.6) is 0 Å². The molecule has 5 heteroatoms. The maximum Gasteiger partial charge on any atom is 0.336 e. The molecular weight excluding hydrogens is 262 g/mol. The summed E-state index contributed by atoms with van der Waals surface area (Å²) < 4.78 is 0. The number of benzene rings is 1. The Morgan fingerprint density at radius 1 is 1.42 bits per heavy atom. The second kappa shape index (κ2) is 6.10. The summed E-state index contributed by atoms with van der Waals surface area (Å²) in [7, 11) is 0. The van der Waals surface area contributed by atoms with Crippen LogP contribution in [0.3, 0.4) is 0 Å². The van der Waals surface area contributed by atoms with Crippen LogP contribution in [-0.4, -0.2) is 35.5 Å². The number of carbonyl (C=O) groups excluding carboxylic acids is 1. The van der Waals surface area contributed by atoms with E-state index in [0.29, 0.717) is 18.5 Å². The van der Waals surface area contributed by atoms with Crippen LogP contribution < -0.4 is 4.90 Å². The topological polar surface area (TPSA) is 57.6 Å². The van der Waals surface area contributed by atoms with Crippen molar-refractivity contribution in [3.63, 3.8) is 0 Å². The van der Waals surface area contributed by atoms with Crippen molar-refractivity contribution in [1.29, 1.82) is 0 Å². The molecular formula is C14H17NO3S. The summed E-state index contributed by atoms with van der Waals surface area (Å²) in [6, 6.07) is 5.16. The van der Waals surface area contributed by atoms with E-state index in [4.69, 9.17) is 0 Å². The molecule has 19 heavy (non-hydrogen) atoms. The van der Waals surface area contributed by atoms with Gasteiger partial charge in [-0.05, 0) is 36.8 Å². The zero-order valence-corrected chi connectivity index (χ0v) is 11.7. The quantitative estimate of drug-likeness (QED) is 0.919. The highest BCUT2D eigenvalue weighted by molar-refractivity contribution is 7.98. The fraction of sp³-hybridized carbons (Fsp3) is 0.429. The van der Waals surface area contributed by atoms with E-state index in [0.717, 1.165) is 29.8 Å². The number of thioether (sulfide) groups is 1. The molecule has 1 aliphatic rings. The zero-order valence-electron chi connectivity index (χ0n) is 10.9. The second-order valence-corrected chi connectivity index (χ2v) is 5.49. The van der Waals surface area contributed by atoms with Crippen molar-refractivity contribution in [3.8, 4) is 0 Å². The van der Waals surface area contributed by atoms with Gasteiger partial charge in [-0.15, -0.1) is 0 Å². The van der Waals surface area contributed by atoms with Gasteiger partial charge in [0.1, 0.15) is 0 Å². The number of hydrogen-bond donors (Lipinski definition) is 1. The highest BCUT2D eigenvalue weighted by atomic mass is 32.2. The van der Waals surface area contributed by atoms with Gasteiger partial charge in [-0.1, -0.05) is 6.07 Å². The molecule has 0 saturated carbocycles. The van der Waals surface area contributed by atoms with Gasteiger partial charge in [0.2, 0.25) is 5.91 Å². The lowest BCUT2D eigenvalue weighted by atomic mass is 9.96. The van der Waals surface area contributed by atoms with Crippen molar-refractivity contribution in [2.75, 3.05) is 23.5 Å². The molecule has 0 fully saturated rings. The van der Waals surface area contributed by atoms with Crippen LogP contribution in [0, 0.1) is 0 Å². The molecule has 102 valence electrons. The van der Waals surface area contributed by atoms with Gasteiger partial charge >= 0.3 is 5.97 Å². The van der Waals surface area contributed by atoms with Crippen LogP contribution >= 0.6 is 11.8 Å². The molecule has 0 saturated heterocycles. The first-order valence-corrected chi connectivity index (χ1v) is 7.69. The van der Waals surface area contributed by atoms with Crippen LogP contribution in [-0.2, 0) is 11.2 Å². The number of aromatic carboxylic acids is 1. The van der Waals surface area contributed by atoms with Gasteiger partial charge < -0.3 is 10.0 Å². The number of carbonyl (C=O) groups is 2. The largest absolute Gasteiger partial charge is 0.478 e. The third-order valence-electron chi connectivity index (χ3n) is 3.30. The minimum absolute atomic E-state index is 0.0813. The average Bonchev–Trinajstić information content (AvgIpc) is 2.43. The predicted molar refractivity (Wildman–Crippen MR) is 77.1 cm³/mol. The summed E-state index contributed by atoms with van der Waals surface area (Å²) in [4.78, 5) is 25.1. The molecule has 1 heterocycles. The van der Waals surface area contributed by atoms with Gasteiger partial charge in [0.25, 0.3) is 0 Å². The number of carboxylic acid groups (broad SMARTS) is 1. The minimum atomic E-state index is -0.921. The number of hydrogen-bond acceptors (Lipinski definition) is 3. The van der Waals surface area contributed by atoms with E-state index in [1.807, 2.05) is 12.3 Å². The molecule has 1 N–H and O–H groups in total. The summed E-state index contributed by atoms with van der Waals surface area (Å²) in [5, 5.41) is 9.20. The van der Waals surface area contributed by atoms with E-state index in [9.17, 15) is 14.7 Å². The van der Waals surface area contributed by atoms with Crippen molar-refractivity contribution in [2.24, 2.45) is 0 Å². The van der Waals surface area contributed by atoms with E-state index in [1.54, 1.807) is 28.8 Å². The molecule has 0 aromatic heterocycles. The molecule has 0 aliphatic carbocycles. The highest BCUT2D eigenvalue weighted by Gasteiger charge is 2.25. The Bertz CT molecular complexity index is 501. The molecule has 1 aromatic carbocycles. The summed E-state index contributed by atoms with van der Waals surface area (Å²) in [6.45, 7) is 0.684. The molecule has 0 atom stereocenters. The van der Waals surface area contributed by atoms with Gasteiger partial charge in [0.05, 0.1) is 5.56 Å². The van der Waals surface area contributed by atoms with Crippen molar-refractivity contribution in [2.45, 2.75) is 19.3 Å². The van der Waals surface area contributed by atoms with Crippen LogP contribution in [0.15, 0.2) is 18.2 Å². The summed E-state index contributed by atoms with van der Waals surface area (Å²) in [5.41, 5.74) is 1.89. The summed E-state index contributed by atoms with van der Waals surface area (Å²) in [5.74, 6) is -0.0448. The van der Waals surface area contributed by atoms with E-state index in [1.165, 1.54) is 0 Å². The summed E-state index contributed by atoms with van der Waals surface area (Å²) in [6.07, 6.45) is 4.02. The van der Waals surface area contributed by atoms with Crippen molar-refractivity contribution in [1.82, 2.24) is 0 Å². The number of anilines is 1. The standard InChI is InChI=1S/C14H17NO3S/c1-19-9-7-13(16)15-8-3-5-10-11(14(17)18)4-2-6-12(10)15/h2,4,6H,3,5,7-9H2,1H3,(H,17,18). The van der Waals surface area contributed by atoms with Crippen LogP contribution in [0.1, 0.15) is 28.8 Å². The molecule has 0 unspecified atom stereocenters. The Morgan fingerprint density at radius 3 is 2.89 bits per heavy atom. The number of carboxylic acids is 1. The fourth-order valence-corrected chi connectivity index (χ4v) is 2.79. The van der Waals surface area contributed by atoms with Crippen molar-refractivity contribution in [3.05, 3.63) is 29.3 Å². The smallest absolute Gasteiger partial charge is 0.336 e. The van der Waals surface area contributed by atoms with Gasteiger partial charge in [0.15, 0.2) is 0 Å². The normalized spacial score (nSPS) is 14.1. The molecule has 0 radical (unpaired) electrons. The lowest BCUT2D eigenvalue weighted by molar-refractivity contribution is -0.118. The molecule has 0 bridgehead atoms. The predicted octanol–water partition coefficient (Wildman–Crippen LogP) is 2.42. The monoisotopic (exact) mass is 279 g/mol. The third kappa shape index (κ3) is 2.92. The number of fused-ring (bicyclic) bond motifs is 1. The number of amides is 1. The Morgan fingerprint density at radius 2 is 2.21 bits per heavy atom. The van der Waals surface area contributed by atoms with Gasteiger partial charge in [-0.3, -0.25) is 4.79 Å². The SMILES string of the molecule is CSCCC(=O)N1CCCc2c(C(=O)O)cccc21. The molecule has 1 aromatic rings. The summed E-state index contributed by atoms with van der Waals surface area (Å²) >= 11 is 1.64. The Hall–Kier alpha value is -1.49. The van der Waals surface area contributed by atoms with Gasteiger partial charge in [0, 0.05) is 24.4 Å². The fourth-order valence-electron chi connectivity index (χ4n) is 2.41. The zero-order chi connectivity index (χ0) is 13.8. The maximum atomic E-state index is 12.2. The lowest BCUT2D eigenvalue weighted by Gasteiger charge is -2.30. The second-order valence-electron chi connectivity index (χ2n) is 4.50. The van der Waals surface area contributed by atoms with Crippen molar-refractivity contribution < 1.29 is 14.7 Å². The maximum absolute atomic E-state index is 12.2. The van der Waals surface area contributed by atoms with Crippen LogP contribution in [0.2, 0.25) is 0 Å². The molecule has 0 spiro atoms. The first kappa shape index (κ1) is 13.9. The number of rotatable bonds is 4. The minimum Gasteiger partial charge on any atom is -0.478 e. The van der Waals surface area contributed by atoms with Crippen LogP contribution in [0.4, 0.5) is 5.69 Å². The molecule has 1 amide bonds. The van der Waals surface area contributed by atoms with E-state index in [2.05, 4.69) is 0 Å². The lowest BCUT2D eigenvalue weighted by Crippen LogP contribution is -2.36. The Kier molecular flexibility index (Phi) is 4.47. The van der Waals surface area contributed by atoms with E-state index < -0.39 is 5.97 Å². The number of nitrogens with zero attached hydrogens (tertiary/aromatic N) is 1. The molecule has 1 aliphatic heterocycles. The highest BCUT2D eigenvalue weighted by Crippen LogP contribution is 2.30. The first-order chi connectivity index (χ1) is 9.15. The van der Waals surface area contributed by atoms with Crippen LogP contribution in [0.25, 0.3) is 0 Å². The van der Waals surface area contributed by atoms with Gasteiger partial charge in [-0.25, -0.2) is 4.79 Å².